The first-order chi connectivity index (χ1) is 11.7. The number of likely N-dealkylation sites (tertiary alicyclic amines) is 1. The van der Waals surface area contributed by atoms with E-state index < -0.39 is 5.97 Å². The van der Waals surface area contributed by atoms with Crippen molar-refractivity contribution in [3.63, 3.8) is 0 Å². The molecule has 1 aromatic carbocycles. The summed E-state index contributed by atoms with van der Waals surface area (Å²) in [4.78, 5) is 14.3. The fourth-order valence-electron chi connectivity index (χ4n) is 5.04. The highest BCUT2D eigenvalue weighted by Crippen LogP contribution is 2.47. The third-order valence-electron chi connectivity index (χ3n) is 6.39. The molecule has 3 nitrogen and oxygen atoms in total. The van der Waals surface area contributed by atoms with Gasteiger partial charge in [-0.15, -0.1) is 0 Å². The number of fused-ring (bicyclic) bond motifs is 2. The Bertz CT molecular complexity index is 656. The van der Waals surface area contributed by atoms with Crippen molar-refractivity contribution in [2.24, 2.45) is 5.92 Å². The summed E-state index contributed by atoms with van der Waals surface area (Å²) < 4.78 is 0. The number of carboxylic acids is 1. The summed E-state index contributed by atoms with van der Waals surface area (Å²) in [6.45, 7) is 3.43. The van der Waals surface area contributed by atoms with Crippen molar-refractivity contribution >= 4 is 11.5 Å². The predicted octanol–water partition coefficient (Wildman–Crippen LogP) is 4.33. The highest BCUT2D eigenvalue weighted by Gasteiger charge is 2.42. The van der Waals surface area contributed by atoms with Crippen molar-refractivity contribution in [1.29, 1.82) is 0 Å². The van der Waals surface area contributed by atoms with E-state index in [0.717, 1.165) is 37.4 Å². The Hall–Kier alpha value is -1.61. The first kappa shape index (κ1) is 15.9. The number of carboxylic acid groups (broad SMARTS) is 1. The SMILES string of the molecule is O=C(O)C1=CC2(CCN(CC3CCCCC3)CC2)c2ccccc21.[HH]. The molecule has 3 heteroatoms. The van der Waals surface area contributed by atoms with Crippen LogP contribution in [0.15, 0.2) is 30.3 Å². The lowest BCUT2D eigenvalue weighted by atomic mass is 9.74. The lowest BCUT2D eigenvalue weighted by Gasteiger charge is -2.40. The fourth-order valence-corrected chi connectivity index (χ4v) is 5.04. The minimum atomic E-state index is -0.788. The van der Waals surface area contributed by atoms with Gasteiger partial charge in [-0.25, -0.2) is 4.79 Å². The van der Waals surface area contributed by atoms with Crippen LogP contribution in [0.2, 0.25) is 0 Å². The van der Waals surface area contributed by atoms with Crippen LogP contribution in [0.3, 0.4) is 0 Å². The summed E-state index contributed by atoms with van der Waals surface area (Å²) in [7, 11) is 0. The Morgan fingerprint density at radius 2 is 1.88 bits per heavy atom. The van der Waals surface area contributed by atoms with Crippen LogP contribution in [-0.2, 0) is 10.2 Å². The number of benzene rings is 1. The molecule has 0 radical (unpaired) electrons. The number of rotatable bonds is 3. The largest absolute Gasteiger partial charge is 0.478 e. The number of nitrogens with zero attached hydrogens (tertiary/aromatic N) is 1. The second kappa shape index (κ2) is 6.36. The van der Waals surface area contributed by atoms with Crippen LogP contribution in [0.1, 0.15) is 57.5 Å². The zero-order valence-electron chi connectivity index (χ0n) is 14.3. The third-order valence-corrected chi connectivity index (χ3v) is 6.39. The number of hydrogen-bond donors (Lipinski definition) is 1. The number of piperidine rings is 1. The van der Waals surface area contributed by atoms with Crippen molar-refractivity contribution in [2.45, 2.75) is 50.4 Å². The second-order valence-corrected chi connectivity index (χ2v) is 7.87. The summed E-state index contributed by atoms with van der Waals surface area (Å²) in [6, 6.07) is 8.11. The lowest BCUT2D eigenvalue weighted by Crippen LogP contribution is -2.43. The summed E-state index contributed by atoms with van der Waals surface area (Å²) in [5.41, 5.74) is 2.63. The molecule has 1 saturated carbocycles. The quantitative estimate of drug-likeness (QED) is 0.898. The summed E-state index contributed by atoms with van der Waals surface area (Å²) in [5.74, 6) is 0.0951. The molecule has 0 atom stereocenters. The Morgan fingerprint density at radius 3 is 2.58 bits per heavy atom. The van der Waals surface area contributed by atoms with Gasteiger partial charge in [-0.3, -0.25) is 0 Å². The van der Waals surface area contributed by atoms with Gasteiger partial charge in [-0.2, -0.15) is 0 Å². The second-order valence-electron chi connectivity index (χ2n) is 7.87. The van der Waals surface area contributed by atoms with Gasteiger partial charge < -0.3 is 10.0 Å². The molecule has 0 amide bonds. The summed E-state index contributed by atoms with van der Waals surface area (Å²) in [6.07, 6.45) is 11.2. The Kier molecular flexibility index (Phi) is 4.21. The summed E-state index contributed by atoms with van der Waals surface area (Å²) in [5, 5.41) is 9.56. The number of allylic oxidation sites excluding steroid dienone is 1. The fraction of sp³-hybridized carbons (Fsp3) is 0.571. The van der Waals surface area contributed by atoms with Gasteiger partial charge >= 0.3 is 5.97 Å². The number of carbonyl (C=O) groups is 1. The highest BCUT2D eigenvalue weighted by atomic mass is 16.4. The maximum atomic E-state index is 11.6. The molecule has 130 valence electrons. The van der Waals surface area contributed by atoms with Gasteiger partial charge in [0.2, 0.25) is 0 Å². The van der Waals surface area contributed by atoms with Crippen molar-refractivity contribution in [1.82, 2.24) is 4.90 Å². The molecule has 1 spiro atoms. The van der Waals surface area contributed by atoms with E-state index in [1.807, 2.05) is 18.2 Å². The van der Waals surface area contributed by atoms with E-state index in [0.29, 0.717) is 5.57 Å². The van der Waals surface area contributed by atoms with Crippen LogP contribution < -0.4 is 0 Å². The van der Waals surface area contributed by atoms with Crippen LogP contribution in [0.25, 0.3) is 5.57 Å². The van der Waals surface area contributed by atoms with E-state index in [1.54, 1.807) is 0 Å². The molecule has 1 aliphatic heterocycles. The van der Waals surface area contributed by atoms with Crippen LogP contribution in [0.4, 0.5) is 0 Å². The van der Waals surface area contributed by atoms with Crippen LogP contribution in [0, 0.1) is 5.92 Å². The summed E-state index contributed by atoms with van der Waals surface area (Å²) >= 11 is 0. The van der Waals surface area contributed by atoms with Gasteiger partial charge in [0.1, 0.15) is 0 Å². The molecule has 1 aromatic rings. The highest BCUT2D eigenvalue weighted by molar-refractivity contribution is 6.17. The van der Waals surface area contributed by atoms with Crippen LogP contribution >= 0.6 is 0 Å². The molecule has 2 fully saturated rings. The molecule has 0 bridgehead atoms. The van der Waals surface area contributed by atoms with E-state index >= 15 is 0 Å². The molecule has 1 saturated heterocycles. The zero-order chi connectivity index (χ0) is 16.6. The Morgan fingerprint density at radius 1 is 1.17 bits per heavy atom. The van der Waals surface area contributed by atoms with E-state index in [2.05, 4.69) is 17.0 Å². The van der Waals surface area contributed by atoms with Crippen LogP contribution in [-0.4, -0.2) is 35.6 Å². The van der Waals surface area contributed by atoms with Gasteiger partial charge in [-0.05, 0) is 55.8 Å². The molecule has 4 rings (SSSR count). The van der Waals surface area contributed by atoms with Gasteiger partial charge in [0.25, 0.3) is 0 Å². The van der Waals surface area contributed by atoms with Gasteiger partial charge in [0, 0.05) is 13.4 Å². The Labute approximate surface area is 145 Å². The maximum absolute atomic E-state index is 11.6. The van der Waals surface area contributed by atoms with Gasteiger partial charge in [0.05, 0.1) is 5.57 Å². The normalized spacial score (nSPS) is 23.9. The predicted molar refractivity (Wildman–Crippen MR) is 98.1 cm³/mol. The van der Waals surface area contributed by atoms with Crippen molar-refractivity contribution in [2.75, 3.05) is 19.6 Å². The minimum absolute atomic E-state index is 0. The number of aliphatic carboxylic acids is 1. The van der Waals surface area contributed by atoms with E-state index in [4.69, 9.17) is 0 Å². The van der Waals surface area contributed by atoms with E-state index in [1.165, 1.54) is 44.2 Å². The molecule has 3 aliphatic rings. The Balaban J connectivity index is 0.00000182. The molecule has 0 aromatic heterocycles. The molecule has 2 aliphatic carbocycles. The minimum Gasteiger partial charge on any atom is -0.478 e. The maximum Gasteiger partial charge on any atom is 0.336 e. The first-order valence-electron chi connectivity index (χ1n) is 9.46. The average molecular weight is 327 g/mol. The lowest BCUT2D eigenvalue weighted by molar-refractivity contribution is -0.130. The molecule has 24 heavy (non-hydrogen) atoms. The molecule has 1 heterocycles. The zero-order valence-corrected chi connectivity index (χ0v) is 14.3. The van der Waals surface area contributed by atoms with Crippen molar-refractivity contribution in [3.05, 3.63) is 41.5 Å². The molecular formula is C21H29NO2. The first-order valence-corrected chi connectivity index (χ1v) is 9.46. The smallest absolute Gasteiger partial charge is 0.336 e. The van der Waals surface area contributed by atoms with Gasteiger partial charge in [0.15, 0.2) is 0 Å². The van der Waals surface area contributed by atoms with Crippen molar-refractivity contribution in [3.8, 4) is 0 Å². The van der Waals surface area contributed by atoms with Gasteiger partial charge in [-0.1, -0.05) is 49.6 Å². The topological polar surface area (TPSA) is 40.5 Å². The average Bonchev–Trinajstić information content (AvgIpc) is 2.93. The number of hydrogen-bond acceptors (Lipinski definition) is 2. The van der Waals surface area contributed by atoms with E-state index in [9.17, 15) is 9.90 Å². The van der Waals surface area contributed by atoms with E-state index in [-0.39, 0.29) is 6.84 Å². The molecule has 1 N–H and O–H groups in total. The molecular weight excluding hydrogens is 298 g/mol. The van der Waals surface area contributed by atoms with Crippen LogP contribution in [0.5, 0.6) is 0 Å². The third kappa shape index (κ3) is 2.79. The molecule has 0 unspecified atom stereocenters. The monoisotopic (exact) mass is 327 g/mol. The standard InChI is InChI=1S/C21H27NO2.H2/c23-20(24)18-14-21(19-9-5-4-8-17(18)19)10-12-22(13-11-21)15-16-6-2-1-3-7-16;/h4-5,8-9,14,16H,1-3,6-7,10-13,15H2,(H,23,24);1H. The van der Waals surface area contributed by atoms with Crippen molar-refractivity contribution < 1.29 is 11.3 Å².